The average molecular weight is 796 g/mol. The van der Waals surface area contributed by atoms with Gasteiger partial charge in [0.1, 0.15) is 0 Å². The highest BCUT2D eigenvalue weighted by Crippen LogP contribution is 2.36. The van der Waals surface area contributed by atoms with Crippen molar-refractivity contribution >= 4 is 120 Å². The summed E-state index contributed by atoms with van der Waals surface area (Å²) in [4.78, 5) is 46.2. The normalized spacial score (nSPS) is 14.1. The van der Waals surface area contributed by atoms with Crippen LogP contribution in [-0.4, -0.2) is 31.5 Å². The van der Waals surface area contributed by atoms with Crippen LogP contribution >= 0.6 is 96.0 Å². The Labute approximate surface area is 222 Å². The monoisotopic (exact) mass is 790 g/mol. The molecule has 2 aliphatic heterocycles. The second kappa shape index (κ2) is 10.3. The van der Waals surface area contributed by atoms with Crippen LogP contribution in [-0.2, 0) is 0 Å². The zero-order valence-electron chi connectivity index (χ0n) is 14.5. The van der Waals surface area contributed by atoms with Crippen LogP contribution < -0.4 is 0 Å². The van der Waals surface area contributed by atoms with E-state index in [1.165, 1.54) is 0 Å². The first-order chi connectivity index (χ1) is 14.1. The molecule has 0 bridgehead atoms. The molecule has 0 radical (unpaired) electrons. The summed E-state index contributed by atoms with van der Waals surface area (Å²) >= 11 is 18.9. The van der Waals surface area contributed by atoms with Crippen molar-refractivity contribution < 1.29 is 19.2 Å². The molecule has 0 aromatic heterocycles. The molecule has 0 fully saturated rings. The molecule has 0 saturated heterocycles. The first-order valence-electron chi connectivity index (χ1n) is 7.63. The van der Waals surface area contributed by atoms with Gasteiger partial charge in [-0.2, -0.15) is 0 Å². The molecule has 4 rings (SSSR count). The molecule has 0 aliphatic carbocycles. The topological polar surface area (TPSA) is 74.8 Å². The van der Waals surface area contributed by atoms with Crippen LogP contribution in [0.5, 0.6) is 0 Å². The number of carbonyl (C=O) groups is 4. The molecule has 0 saturated carbocycles. The van der Waals surface area contributed by atoms with Crippen LogP contribution in [0.15, 0.2) is 55.3 Å². The minimum atomic E-state index is -0.349. The van der Waals surface area contributed by atoms with E-state index in [1.807, 2.05) is 0 Å². The maximum Gasteiger partial charge on any atom is 0.272 e. The Balaban J connectivity index is 0.000000197. The minimum Gasteiger partial charge on any atom is -0.268 e. The van der Waals surface area contributed by atoms with Crippen molar-refractivity contribution in [3.63, 3.8) is 0 Å². The average Bonchev–Trinajstić information content (AvgIpc) is 3.10. The van der Waals surface area contributed by atoms with Gasteiger partial charge >= 0.3 is 0 Å². The van der Waals surface area contributed by atoms with E-state index in [0.717, 1.165) is 16.8 Å². The molecule has 2 heterocycles. The number of halogens is 6. The van der Waals surface area contributed by atoms with Crippen LogP contribution in [0.1, 0.15) is 41.4 Å². The third-order valence-electron chi connectivity index (χ3n) is 3.79. The molecule has 30 heavy (non-hydrogen) atoms. The van der Waals surface area contributed by atoms with Gasteiger partial charge in [-0.3, -0.25) is 19.2 Å². The summed E-state index contributed by atoms with van der Waals surface area (Å²) in [6, 6.07) is 6.68. The smallest absolute Gasteiger partial charge is 0.268 e. The number of nitrogens with zero attached hydrogens (tertiary/aromatic N) is 2. The van der Waals surface area contributed by atoms with E-state index in [-0.39, 0.29) is 23.6 Å². The zero-order chi connectivity index (χ0) is 22.9. The Kier molecular flexibility index (Phi) is 8.79. The van der Waals surface area contributed by atoms with E-state index < -0.39 is 0 Å². The third-order valence-corrected chi connectivity index (χ3v) is 9.11. The predicted octanol–water partition coefficient (Wildman–Crippen LogP) is 7.04. The van der Waals surface area contributed by atoms with Crippen molar-refractivity contribution in [2.75, 3.05) is 0 Å². The van der Waals surface area contributed by atoms with Crippen LogP contribution in [0.4, 0.5) is 0 Å². The van der Waals surface area contributed by atoms with Gasteiger partial charge in [0.15, 0.2) is 0 Å². The van der Waals surface area contributed by atoms with Gasteiger partial charge in [0.2, 0.25) is 0 Å². The van der Waals surface area contributed by atoms with Gasteiger partial charge in [-0.25, -0.2) is 7.85 Å². The highest BCUT2D eigenvalue weighted by molar-refractivity contribution is 9.13. The summed E-state index contributed by atoms with van der Waals surface area (Å²) in [5.74, 6) is -1.37. The van der Waals surface area contributed by atoms with E-state index in [2.05, 4.69) is 109 Å². The van der Waals surface area contributed by atoms with E-state index >= 15 is 0 Å². The van der Waals surface area contributed by atoms with E-state index in [9.17, 15) is 19.2 Å². The lowest BCUT2D eigenvalue weighted by Crippen LogP contribution is -2.17. The largest absolute Gasteiger partial charge is 0.272 e. The molecule has 2 aliphatic rings. The third kappa shape index (κ3) is 4.44. The Morgan fingerprint density at radius 2 is 0.867 bits per heavy atom. The fraction of sp³-hybridized carbons (Fsp3) is 0. The van der Waals surface area contributed by atoms with Crippen molar-refractivity contribution in [3.05, 3.63) is 77.6 Å². The van der Waals surface area contributed by atoms with Crippen molar-refractivity contribution in [1.82, 2.24) is 7.85 Å². The highest BCUT2D eigenvalue weighted by atomic mass is 79.9. The number of hydrogen-bond donors (Lipinski definition) is 0. The molecule has 2 aromatic rings. The molecule has 2 aromatic carbocycles. The Morgan fingerprint density at radius 1 is 0.567 bits per heavy atom. The highest BCUT2D eigenvalue weighted by Gasteiger charge is 2.37. The van der Waals surface area contributed by atoms with Gasteiger partial charge in [0.05, 0.1) is 54.5 Å². The Hall–Kier alpha value is -0.660. The van der Waals surface area contributed by atoms with Crippen LogP contribution in [0.3, 0.4) is 0 Å². The molecular weight excluding hydrogens is 788 g/mol. The summed E-state index contributed by atoms with van der Waals surface area (Å²) in [6.45, 7) is 6.00. The molecular formula is C18H8Br6N2O4. The lowest BCUT2D eigenvalue weighted by molar-refractivity contribution is 0.0768. The lowest BCUT2D eigenvalue weighted by Gasteiger charge is -2.00. The molecule has 156 valence electrons. The summed E-state index contributed by atoms with van der Waals surface area (Å²) in [7, 11) is 0. The number of fused-ring (bicyclic) bond motifs is 2. The quantitative estimate of drug-likeness (QED) is 0.163. The first-order valence-corrected chi connectivity index (χ1v) is 12.2. The van der Waals surface area contributed by atoms with Crippen molar-refractivity contribution in [1.29, 1.82) is 0 Å². The lowest BCUT2D eigenvalue weighted by atomic mass is 10.1. The summed E-state index contributed by atoms with van der Waals surface area (Å²) in [6.07, 6.45) is 0. The fourth-order valence-electron chi connectivity index (χ4n) is 2.47. The van der Waals surface area contributed by atoms with E-state index in [0.29, 0.717) is 31.2 Å². The maximum absolute atomic E-state index is 11.6. The number of hydrogen-bond acceptors (Lipinski definition) is 4. The predicted molar refractivity (Wildman–Crippen MR) is 134 cm³/mol. The van der Waals surface area contributed by atoms with Crippen molar-refractivity contribution in [2.24, 2.45) is 0 Å². The van der Waals surface area contributed by atoms with Gasteiger partial charge in [0.25, 0.3) is 23.6 Å². The number of rotatable bonds is 0. The molecule has 0 spiro atoms. The summed E-state index contributed by atoms with van der Waals surface area (Å²) in [5.41, 5.74) is 1.59. The Morgan fingerprint density at radius 3 is 1.17 bits per heavy atom. The number of benzene rings is 2. The standard InChI is InChI=1S/2C8H2Br3NO2.C2H4/c2*9-4-2-1-3-5(6(4)10)8(14)12(11)7(3)13;1-2/h2*1-2H;1-2H2. The minimum absolute atomic E-state index is 0.335. The van der Waals surface area contributed by atoms with Crippen LogP contribution in [0, 0.1) is 0 Å². The van der Waals surface area contributed by atoms with Crippen LogP contribution in [0.2, 0.25) is 0 Å². The SMILES string of the molecule is C=C.O=C1c2ccc(Br)c(Br)c2C(=O)N1Br.O=C1c2ccc(Br)c(Br)c2C(=O)N1Br. The number of imide groups is 2. The second-order valence-electron chi connectivity index (χ2n) is 5.35. The van der Waals surface area contributed by atoms with Gasteiger partial charge in [0, 0.05) is 17.9 Å². The van der Waals surface area contributed by atoms with Crippen molar-refractivity contribution in [2.45, 2.75) is 0 Å². The molecule has 0 N–H and O–H groups in total. The zero-order valence-corrected chi connectivity index (χ0v) is 24.0. The van der Waals surface area contributed by atoms with Gasteiger partial charge in [-0.15, -0.1) is 13.2 Å². The number of carbonyl (C=O) groups excluding carboxylic acids is 4. The van der Waals surface area contributed by atoms with Gasteiger partial charge in [-0.05, 0) is 88.0 Å². The Bertz CT molecular complexity index is 1020. The van der Waals surface area contributed by atoms with Crippen molar-refractivity contribution in [3.8, 4) is 0 Å². The fourth-order valence-corrected chi connectivity index (χ4v) is 4.90. The second-order valence-corrected chi connectivity index (χ2v) is 10.1. The van der Waals surface area contributed by atoms with Gasteiger partial charge < -0.3 is 0 Å². The first kappa shape index (κ1) is 25.6. The van der Waals surface area contributed by atoms with E-state index in [1.54, 1.807) is 24.3 Å². The maximum atomic E-state index is 11.6. The summed E-state index contributed by atoms with van der Waals surface area (Å²) in [5, 5.41) is 0. The summed E-state index contributed by atoms with van der Waals surface area (Å²) < 4.78 is 4.56. The number of amides is 4. The molecule has 6 nitrogen and oxygen atoms in total. The van der Waals surface area contributed by atoms with Crippen LogP contribution in [0.25, 0.3) is 0 Å². The van der Waals surface area contributed by atoms with E-state index in [4.69, 9.17) is 0 Å². The molecule has 0 unspecified atom stereocenters. The molecule has 0 atom stereocenters. The molecule has 4 amide bonds. The molecule has 12 heteroatoms. The van der Waals surface area contributed by atoms with Gasteiger partial charge in [-0.1, -0.05) is 0 Å².